The molecule has 106 valence electrons. The van der Waals surface area contributed by atoms with Crippen LogP contribution >= 0.6 is 11.3 Å². The van der Waals surface area contributed by atoms with Gasteiger partial charge in [0.05, 0.1) is 25.9 Å². The average molecular weight is 293 g/mol. The van der Waals surface area contributed by atoms with Gasteiger partial charge in [-0.3, -0.25) is 0 Å². The van der Waals surface area contributed by atoms with Crippen LogP contribution in [0.1, 0.15) is 9.67 Å². The van der Waals surface area contributed by atoms with Crippen molar-refractivity contribution in [1.29, 1.82) is 0 Å². The van der Waals surface area contributed by atoms with Crippen LogP contribution in [0.5, 0.6) is 5.75 Å². The number of hydrogen-bond donors (Lipinski definition) is 0. The summed E-state index contributed by atoms with van der Waals surface area (Å²) in [5.41, 5.74) is 0.524. The van der Waals surface area contributed by atoms with Crippen LogP contribution in [0.2, 0.25) is 0 Å². The summed E-state index contributed by atoms with van der Waals surface area (Å²) >= 11 is 1.24. The lowest BCUT2D eigenvalue weighted by Crippen LogP contribution is -2.07. The van der Waals surface area contributed by atoms with E-state index >= 15 is 0 Å². The van der Waals surface area contributed by atoms with E-state index < -0.39 is 5.97 Å². The SMILES string of the molecule is COC(=O)c1sc2nccc(OC)c2c1N=CN(C)C. The molecule has 0 atom stereocenters. The molecule has 0 aliphatic heterocycles. The van der Waals surface area contributed by atoms with Crippen LogP contribution in [0, 0.1) is 0 Å². The third kappa shape index (κ3) is 2.57. The van der Waals surface area contributed by atoms with Gasteiger partial charge in [0.15, 0.2) is 0 Å². The van der Waals surface area contributed by atoms with E-state index in [9.17, 15) is 4.79 Å². The molecule has 0 spiro atoms. The third-order valence-electron chi connectivity index (χ3n) is 2.54. The molecule has 2 heterocycles. The topological polar surface area (TPSA) is 64.0 Å². The van der Waals surface area contributed by atoms with Gasteiger partial charge >= 0.3 is 5.97 Å². The van der Waals surface area contributed by atoms with Crippen LogP contribution in [0.15, 0.2) is 17.3 Å². The van der Waals surface area contributed by atoms with Crippen LogP contribution in [0.3, 0.4) is 0 Å². The summed E-state index contributed by atoms with van der Waals surface area (Å²) < 4.78 is 10.1. The number of esters is 1. The molecule has 0 bridgehead atoms. The van der Waals surface area contributed by atoms with Crippen LogP contribution in [0.25, 0.3) is 10.2 Å². The minimum atomic E-state index is -0.430. The predicted molar refractivity (Wildman–Crippen MR) is 79.4 cm³/mol. The second kappa shape index (κ2) is 5.87. The van der Waals surface area contributed by atoms with Crippen molar-refractivity contribution in [2.45, 2.75) is 0 Å². The number of thiophene rings is 1. The van der Waals surface area contributed by atoms with Crippen molar-refractivity contribution < 1.29 is 14.3 Å². The van der Waals surface area contributed by atoms with E-state index in [4.69, 9.17) is 9.47 Å². The van der Waals surface area contributed by atoms with Gasteiger partial charge in [-0.1, -0.05) is 0 Å². The second-order valence-electron chi connectivity index (χ2n) is 4.17. The van der Waals surface area contributed by atoms with E-state index in [0.717, 1.165) is 5.39 Å². The van der Waals surface area contributed by atoms with Gasteiger partial charge in [0.2, 0.25) is 0 Å². The highest BCUT2D eigenvalue weighted by Crippen LogP contribution is 2.42. The van der Waals surface area contributed by atoms with Gasteiger partial charge in [-0.25, -0.2) is 14.8 Å². The second-order valence-corrected chi connectivity index (χ2v) is 5.17. The molecule has 0 aliphatic rings. The third-order valence-corrected chi connectivity index (χ3v) is 3.60. The first-order valence-corrected chi connectivity index (χ1v) is 6.64. The first-order chi connectivity index (χ1) is 9.58. The number of methoxy groups -OCH3 is 2. The molecule has 0 aliphatic carbocycles. The van der Waals surface area contributed by atoms with Crippen molar-refractivity contribution in [3.05, 3.63) is 17.1 Å². The highest BCUT2D eigenvalue weighted by Gasteiger charge is 2.22. The van der Waals surface area contributed by atoms with Crippen molar-refractivity contribution >= 4 is 39.5 Å². The zero-order valence-corrected chi connectivity index (χ0v) is 12.5. The minimum Gasteiger partial charge on any atom is -0.496 e. The quantitative estimate of drug-likeness (QED) is 0.492. The summed E-state index contributed by atoms with van der Waals surface area (Å²) in [7, 11) is 6.62. The molecular formula is C13H15N3O3S. The monoisotopic (exact) mass is 293 g/mol. The molecule has 0 aromatic carbocycles. The smallest absolute Gasteiger partial charge is 0.350 e. The van der Waals surface area contributed by atoms with Gasteiger partial charge in [-0.2, -0.15) is 0 Å². The number of carbonyl (C=O) groups is 1. The largest absolute Gasteiger partial charge is 0.496 e. The van der Waals surface area contributed by atoms with Gasteiger partial charge in [-0.15, -0.1) is 11.3 Å². The fraction of sp³-hybridized carbons (Fsp3) is 0.308. The first-order valence-electron chi connectivity index (χ1n) is 5.83. The molecule has 0 radical (unpaired) electrons. The van der Waals surface area contributed by atoms with Crippen LogP contribution in [0.4, 0.5) is 5.69 Å². The normalized spacial score (nSPS) is 11.0. The minimum absolute atomic E-state index is 0.414. The van der Waals surface area contributed by atoms with E-state index in [0.29, 0.717) is 21.1 Å². The molecule has 0 N–H and O–H groups in total. The zero-order valence-electron chi connectivity index (χ0n) is 11.7. The summed E-state index contributed by atoms with van der Waals surface area (Å²) in [4.78, 5) is 23.4. The fourth-order valence-corrected chi connectivity index (χ4v) is 2.70. The summed E-state index contributed by atoms with van der Waals surface area (Å²) in [5, 5.41) is 0.721. The van der Waals surface area contributed by atoms with E-state index in [1.54, 1.807) is 30.6 Å². The molecule has 6 nitrogen and oxygen atoms in total. The Morgan fingerprint density at radius 3 is 2.80 bits per heavy atom. The number of nitrogens with zero attached hydrogens (tertiary/aromatic N) is 3. The summed E-state index contributed by atoms with van der Waals surface area (Å²) in [6, 6.07) is 1.74. The Labute approximate surface area is 120 Å². The van der Waals surface area contributed by atoms with E-state index in [-0.39, 0.29) is 0 Å². The molecule has 20 heavy (non-hydrogen) atoms. The Bertz CT molecular complexity index is 664. The maximum absolute atomic E-state index is 11.9. The van der Waals surface area contributed by atoms with Gasteiger partial charge in [0.1, 0.15) is 21.1 Å². The molecule has 0 saturated heterocycles. The number of hydrogen-bond acceptors (Lipinski definition) is 6. The molecular weight excluding hydrogens is 278 g/mol. The summed E-state index contributed by atoms with van der Waals surface area (Å²) in [6.07, 6.45) is 3.26. The molecule has 2 rings (SSSR count). The highest BCUT2D eigenvalue weighted by atomic mass is 32.1. The Morgan fingerprint density at radius 1 is 1.45 bits per heavy atom. The van der Waals surface area contributed by atoms with Crippen LogP contribution in [-0.2, 0) is 4.74 Å². The predicted octanol–water partition coefficient (Wildman–Crippen LogP) is 2.31. The number of fused-ring (bicyclic) bond motifs is 1. The van der Waals surface area contributed by atoms with Crippen molar-refractivity contribution in [2.75, 3.05) is 28.3 Å². The van der Waals surface area contributed by atoms with Gasteiger partial charge in [-0.05, 0) is 6.07 Å². The molecule has 0 fully saturated rings. The van der Waals surface area contributed by atoms with Gasteiger partial charge < -0.3 is 14.4 Å². The average Bonchev–Trinajstić information content (AvgIpc) is 2.82. The Balaban J connectivity index is 2.72. The molecule has 2 aromatic rings. The fourth-order valence-electron chi connectivity index (χ4n) is 1.68. The lowest BCUT2D eigenvalue weighted by molar-refractivity contribution is 0.0607. The maximum atomic E-state index is 11.9. The van der Waals surface area contributed by atoms with Crippen LogP contribution in [-0.4, -0.2) is 50.5 Å². The number of rotatable bonds is 4. The number of pyridine rings is 1. The number of ether oxygens (including phenoxy) is 2. The number of aromatic nitrogens is 1. The highest BCUT2D eigenvalue weighted by molar-refractivity contribution is 7.21. The molecule has 2 aromatic heterocycles. The Hall–Kier alpha value is -2.15. The maximum Gasteiger partial charge on any atom is 0.350 e. The Kier molecular flexibility index (Phi) is 4.19. The standard InChI is InChI=1S/C13H15N3O3S/c1-16(2)7-15-10-9-8(18-3)5-6-14-12(9)20-11(10)13(17)19-4/h5-7H,1-4H3. The van der Waals surface area contributed by atoms with Crippen LogP contribution < -0.4 is 4.74 Å². The lowest BCUT2D eigenvalue weighted by atomic mass is 10.2. The summed E-state index contributed by atoms with van der Waals surface area (Å²) in [6.45, 7) is 0. The van der Waals surface area contributed by atoms with E-state index in [1.807, 2.05) is 14.1 Å². The zero-order chi connectivity index (χ0) is 14.7. The summed E-state index contributed by atoms with van der Waals surface area (Å²) in [5.74, 6) is 0.202. The van der Waals surface area contributed by atoms with Crippen molar-refractivity contribution in [3.8, 4) is 5.75 Å². The Morgan fingerprint density at radius 2 is 2.20 bits per heavy atom. The van der Waals surface area contributed by atoms with Gasteiger partial charge in [0, 0.05) is 20.3 Å². The molecule has 0 unspecified atom stereocenters. The van der Waals surface area contributed by atoms with Crippen molar-refractivity contribution in [2.24, 2.45) is 4.99 Å². The van der Waals surface area contributed by atoms with E-state index in [2.05, 4.69) is 9.98 Å². The number of aliphatic imine (C=N–C) groups is 1. The number of carbonyl (C=O) groups excluding carboxylic acids is 1. The first kappa shape index (κ1) is 14.3. The van der Waals surface area contributed by atoms with Crippen molar-refractivity contribution in [3.63, 3.8) is 0 Å². The molecule has 0 saturated carbocycles. The van der Waals surface area contributed by atoms with E-state index in [1.165, 1.54) is 18.4 Å². The lowest BCUT2D eigenvalue weighted by Gasteiger charge is -2.05. The van der Waals surface area contributed by atoms with Crippen molar-refractivity contribution in [1.82, 2.24) is 9.88 Å². The molecule has 7 heteroatoms. The van der Waals surface area contributed by atoms with Gasteiger partial charge in [0.25, 0.3) is 0 Å². The molecule has 0 amide bonds.